The Morgan fingerprint density at radius 1 is 0.786 bits per heavy atom. The maximum Gasteiger partial charge on any atom is 0.185 e. The number of rotatable bonds is 4. The standard InChI is InChI=1S/C25H31NOSi/c1-25(2,3)21-16-12-18-23(24(21)27)28(5,6)26(4)22-17-11-10-15-20(22)19-13-8-7-9-14-19/h7-18,27H,1-6H3. The molecule has 0 fully saturated rings. The molecule has 0 aliphatic heterocycles. The molecule has 3 aromatic rings. The van der Waals surface area contributed by atoms with Crippen LogP contribution in [0, 0.1) is 0 Å². The van der Waals surface area contributed by atoms with E-state index in [1.54, 1.807) is 0 Å². The van der Waals surface area contributed by atoms with Gasteiger partial charge in [-0.3, -0.25) is 0 Å². The molecule has 28 heavy (non-hydrogen) atoms. The second-order valence-corrected chi connectivity index (χ2v) is 13.3. The molecule has 0 heterocycles. The largest absolute Gasteiger partial charge is 0.508 e. The minimum absolute atomic E-state index is 0.0922. The van der Waals surface area contributed by atoms with Crippen LogP contribution in [0.3, 0.4) is 0 Å². The van der Waals surface area contributed by atoms with E-state index in [9.17, 15) is 5.11 Å². The minimum atomic E-state index is -2.16. The van der Waals surface area contributed by atoms with Gasteiger partial charge in [0.1, 0.15) is 5.75 Å². The van der Waals surface area contributed by atoms with Crippen molar-refractivity contribution in [2.75, 3.05) is 11.6 Å². The van der Waals surface area contributed by atoms with Crippen LogP contribution in [0.5, 0.6) is 5.75 Å². The molecule has 2 nitrogen and oxygen atoms in total. The number of phenols is 1. The summed E-state index contributed by atoms with van der Waals surface area (Å²) in [6, 6.07) is 25.3. The van der Waals surface area contributed by atoms with Crippen molar-refractivity contribution in [1.82, 2.24) is 0 Å². The van der Waals surface area contributed by atoms with Crippen molar-refractivity contribution < 1.29 is 5.11 Å². The van der Waals surface area contributed by atoms with E-state index in [4.69, 9.17) is 0 Å². The zero-order valence-electron chi connectivity index (χ0n) is 17.8. The molecule has 1 N–H and O–H groups in total. The van der Waals surface area contributed by atoms with Crippen LogP contribution in [-0.2, 0) is 5.41 Å². The van der Waals surface area contributed by atoms with E-state index in [-0.39, 0.29) is 5.41 Å². The Bertz CT molecular complexity index is 958. The molecule has 0 bridgehead atoms. The topological polar surface area (TPSA) is 23.5 Å². The van der Waals surface area contributed by atoms with Gasteiger partial charge in [-0.1, -0.05) is 87.5 Å². The highest BCUT2D eigenvalue weighted by Crippen LogP contribution is 2.35. The van der Waals surface area contributed by atoms with E-state index in [1.165, 1.54) is 16.8 Å². The average Bonchev–Trinajstić information content (AvgIpc) is 2.67. The van der Waals surface area contributed by atoms with Gasteiger partial charge in [0.15, 0.2) is 8.24 Å². The molecule has 0 unspecified atom stereocenters. The van der Waals surface area contributed by atoms with E-state index in [0.717, 1.165) is 10.8 Å². The molecule has 0 saturated carbocycles. The molecule has 0 atom stereocenters. The number of phenolic OH excluding ortho intramolecular Hbond substituents is 1. The minimum Gasteiger partial charge on any atom is -0.508 e. The molecule has 3 aromatic carbocycles. The fourth-order valence-electron chi connectivity index (χ4n) is 3.75. The first-order valence-electron chi connectivity index (χ1n) is 9.85. The summed E-state index contributed by atoms with van der Waals surface area (Å²) in [6.07, 6.45) is 0. The highest BCUT2D eigenvalue weighted by atomic mass is 28.3. The molecule has 0 radical (unpaired) electrons. The lowest BCUT2D eigenvalue weighted by molar-refractivity contribution is 0.450. The van der Waals surface area contributed by atoms with Crippen LogP contribution in [0.4, 0.5) is 5.69 Å². The van der Waals surface area contributed by atoms with Gasteiger partial charge in [0.2, 0.25) is 0 Å². The third kappa shape index (κ3) is 3.72. The second kappa shape index (κ2) is 7.48. The van der Waals surface area contributed by atoms with Gasteiger partial charge in [0, 0.05) is 16.4 Å². The van der Waals surface area contributed by atoms with Crippen molar-refractivity contribution in [3.05, 3.63) is 78.4 Å². The number of hydrogen-bond acceptors (Lipinski definition) is 2. The molecule has 0 aliphatic rings. The summed E-state index contributed by atoms with van der Waals surface area (Å²) >= 11 is 0. The highest BCUT2D eigenvalue weighted by Gasteiger charge is 2.35. The summed E-state index contributed by atoms with van der Waals surface area (Å²) in [6.45, 7) is 11.0. The lowest BCUT2D eigenvalue weighted by atomic mass is 9.86. The van der Waals surface area contributed by atoms with Crippen LogP contribution in [0.15, 0.2) is 72.8 Å². The quantitative estimate of drug-likeness (QED) is 0.561. The summed E-state index contributed by atoms with van der Waals surface area (Å²) < 4.78 is 2.40. The van der Waals surface area contributed by atoms with Crippen molar-refractivity contribution >= 4 is 19.1 Å². The summed E-state index contributed by atoms with van der Waals surface area (Å²) in [5.41, 5.74) is 4.55. The number of para-hydroxylation sites is 2. The van der Waals surface area contributed by atoms with Gasteiger partial charge in [-0.25, -0.2) is 0 Å². The zero-order valence-corrected chi connectivity index (χ0v) is 18.8. The zero-order chi connectivity index (χ0) is 20.5. The number of aromatic hydroxyl groups is 1. The summed E-state index contributed by atoms with van der Waals surface area (Å²) in [4.78, 5) is 0. The third-order valence-corrected chi connectivity index (χ3v) is 9.33. The Hall–Kier alpha value is -2.52. The predicted octanol–water partition coefficient (Wildman–Crippen LogP) is 5.91. The lowest BCUT2D eigenvalue weighted by Crippen LogP contribution is -2.57. The first kappa shape index (κ1) is 20.2. The molecular formula is C25H31NOSi. The van der Waals surface area contributed by atoms with Crippen molar-refractivity contribution in [1.29, 1.82) is 0 Å². The fourth-order valence-corrected chi connectivity index (χ4v) is 6.13. The van der Waals surface area contributed by atoms with E-state index in [1.807, 2.05) is 12.1 Å². The van der Waals surface area contributed by atoms with Gasteiger partial charge in [0.25, 0.3) is 0 Å². The smallest absolute Gasteiger partial charge is 0.185 e. The third-order valence-electron chi connectivity index (χ3n) is 5.69. The fraction of sp³-hybridized carbons (Fsp3) is 0.280. The van der Waals surface area contributed by atoms with E-state index >= 15 is 0 Å². The van der Waals surface area contributed by atoms with Crippen LogP contribution in [0.25, 0.3) is 11.1 Å². The van der Waals surface area contributed by atoms with E-state index < -0.39 is 8.24 Å². The van der Waals surface area contributed by atoms with Crippen LogP contribution < -0.4 is 9.75 Å². The van der Waals surface area contributed by atoms with Gasteiger partial charge in [0.05, 0.1) is 0 Å². The number of hydrogen-bond donors (Lipinski definition) is 1. The predicted molar refractivity (Wildman–Crippen MR) is 124 cm³/mol. The molecule has 146 valence electrons. The van der Waals surface area contributed by atoms with Crippen LogP contribution in [-0.4, -0.2) is 20.4 Å². The SMILES string of the molecule is CN(c1ccccc1-c1ccccc1)[Si](C)(C)c1cccc(C(C)(C)C)c1O. The molecule has 0 saturated heterocycles. The van der Waals surface area contributed by atoms with E-state index in [2.05, 4.69) is 106 Å². The van der Waals surface area contributed by atoms with Crippen molar-refractivity contribution in [3.63, 3.8) is 0 Å². The molecule has 0 aromatic heterocycles. The Morgan fingerprint density at radius 2 is 1.39 bits per heavy atom. The first-order valence-corrected chi connectivity index (χ1v) is 12.8. The molecule has 3 heteroatoms. The highest BCUT2D eigenvalue weighted by molar-refractivity contribution is 6.93. The molecule has 3 rings (SSSR count). The molecule has 0 spiro atoms. The van der Waals surface area contributed by atoms with Gasteiger partial charge < -0.3 is 9.67 Å². The van der Waals surface area contributed by atoms with E-state index in [0.29, 0.717) is 5.75 Å². The Labute approximate surface area is 170 Å². The Kier molecular flexibility index (Phi) is 5.40. The second-order valence-electron chi connectivity index (χ2n) is 8.95. The van der Waals surface area contributed by atoms with Crippen LogP contribution in [0.2, 0.25) is 13.1 Å². The van der Waals surface area contributed by atoms with Gasteiger partial charge in [-0.15, -0.1) is 0 Å². The lowest BCUT2D eigenvalue weighted by Gasteiger charge is -2.38. The van der Waals surface area contributed by atoms with Gasteiger partial charge >= 0.3 is 0 Å². The average molecular weight is 390 g/mol. The maximum atomic E-state index is 11.2. The summed E-state index contributed by atoms with van der Waals surface area (Å²) in [5.74, 6) is 0.454. The van der Waals surface area contributed by atoms with Crippen molar-refractivity contribution in [2.24, 2.45) is 0 Å². The maximum absolute atomic E-state index is 11.2. The Morgan fingerprint density at radius 3 is 2.04 bits per heavy atom. The van der Waals surface area contributed by atoms with Crippen LogP contribution >= 0.6 is 0 Å². The number of anilines is 1. The molecular weight excluding hydrogens is 358 g/mol. The number of nitrogens with zero attached hydrogens (tertiary/aromatic N) is 1. The summed E-state index contributed by atoms with van der Waals surface area (Å²) in [7, 11) is 0.00456. The van der Waals surface area contributed by atoms with Crippen molar-refractivity contribution in [3.8, 4) is 16.9 Å². The molecule has 0 aliphatic carbocycles. The number of benzene rings is 3. The Balaban J connectivity index is 2.10. The summed E-state index contributed by atoms with van der Waals surface area (Å²) in [5, 5.41) is 12.2. The van der Waals surface area contributed by atoms with Gasteiger partial charge in [-0.2, -0.15) is 0 Å². The van der Waals surface area contributed by atoms with Crippen molar-refractivity contribution in [2.45, 2.75) is 39.3 Å². The van der Waals surface area contributed by atoms with Crippen LogP contribution in [0.1, 0.15) is 26.3 Å². The normalized spacial score (nSPS) is 12.1. The monoisotopic (exact) mass is 389 g/mol. The van der Waals surface area contributed by atoms with Gasteiger partial charge in [-0.05, 0) is 42.7 Å². The molecule has 0 amide bonds. The first-order chi connectivity index (χ1) is 13.1.